The normalized spacial score (nSPS) is 26.0. The Morgan fingerprint density at radius 2 is 1.30 bits per heavy atom. The van der Waals surface area contributed by atoms with Crippen molar-refractivity contribution >= 4 is 86.6 Å². The van der Waals surface area contributed by atoms with Gasteiger partial charge in [0.25, 0.3) is 0 Å². The van der Waals surface area contributed by atoms with Crippen LogP contribution in [0.15, 0.2) is 108 Å². The first-order valence-corrected chi connectivity index (χ1v) is 43.3. The van der Waals surface area contributed by atoms with E-state index in [4.69, 9.17) is 67.8 Å². The number of sulfonamides is 1. The number of benzene rings is 6. The Morgan fingerprint density at radius 1 is 0.683 bits per heavy atom. The number of nitrogens with one attached hydrogen (secondary N) is 9. The van der Waals surface area contributed by atoms with E-state index < -0.39 is 259 Å². The van der Waals surface area contributed by atoms with E-state index in [1.165, 1.54) is 33.0 Å². The Balaban J connectivity index is 1.01. The highest BCUT2D eigenvalue weighted by Crippen LogP contribution is 2.50. The molecule has 0 spiro atoms. The Bertz CT molecular complexity index is 5130. The highest BCUT2D eigenvalue weighted by atomic mass is 35.5. The van der Waals surface area contributed by atoms with Crippen LogP contribution < -0.4 is 77.7 Å². The second-order valence-corrected chi connectivity index (χ2v) is 34.9. The maximum absolute atomic E-state index is 16.3. The van der Waals surface area contributed by atoms with E-state index >= 15 is 19.2 Å². The molecule has 126 heavy (non-hydrogen) atoms. The van der Waals surface area contributed by atoms with E-state index in [0.717, 1.165) is 104 Å². The lowest BCUT2D eigenvalue weighted by atomic mass is 9.86. The molecule has 22 N–H and O–H groups in total. The molecule has 41 heteroatoms. The number of carbonyl (C=O) groups is 9. The summed E-state index contributed by atoms with van der Waals surface area (Å²) >= 11 is 14.3. The molecule has 0 aromatic heterocycles. The number of unbranched alkanes of at least 4 members (excludes halogenated alkanes) is 6. The van der Waals surface area contributed by atoms with E-state index in [1.54, 1.807) is 24.3 Å². The van der Waals surface area contributed by atoms with Crippen LogP contribution in [0.1, 0.15) is 169 Å². The van der Waals surface area contributed by atoms with Gasteiger partial charge in [-0.1, -0.05) is 106 Å². The predicted molar refractivity (Wildman–Crippen MR) is 450 cm³/mol. The van der Waals surface area contributed by atoms with Gasteiger partial charge >= 0.3 is 12.1 Å². The van der Waals surface area contributed by atoms with Crippen molar-refractivity contribution in [3.05, 3.63) is 147 Å². The third kappa shape index (κ3) is 23.0. The van der Waals surface area contributed by atoms with Gasteiger partial charge in [-0.15, -0.1) is 0 Å². The van der Waals surface area contributed by atoms with Gasteiger partial charge in [-0.2, -0.15) is 0 Å². The number of aliphatic carboxylic acids is 1. The van der Waals surface area contributed by atoms with Gasteiger partial charge in [0, 0.05) is 47.8 Å². The molecule has 7 aliphatic heterocycles. The molecule has 0 radical (unpaired) electrons. The number of likely N-dealkylation sites (N-methyl/N-ethyl adjacent to an activating group) is 1. The number of hydrogen-bond donors (Lipinski definition) is 20. The number of carboxylic acid groups (broad SMARTS) is 1. The Labute approximate surface area is 734 Å². The number of aliphatic hydroxyl groups excluding tert-OH is 6. The molecule has 7 heterocycles. The van der Waals surface area contributed by atoms with Crippen molar-refractivity contribution in [1.29, 1.82) is 0 Å². The number of aryl methyl sites for hydroxylation is 1. The van der Waals surface area contributed by atoms with Gasteiger partial charge < -0.3 is 133 Å². The number of rotatable bonds is 28. The van der Waals surface area contributed by atoms with Gasteiger partial charge in [0.15, 0.2) is 29.9 Å². The predicted octanol–water partition coefficient (Wildman–Crippen LogP) is 4.15. The molecule has 6 aromatic carbocycles. The smallest absolute Gasteiger partial charge is 0.412 e. The lowest BCUT2D eigenvalue weighted by molar-refractivity contribution is -0.333. The number of aliphatic hydroxyl groups is 6. The first-order chi connectivity index (χ1) is 59.8. The van der Waals surface area contributed by atoms with E-state index in [1.807, 2.05) is 13.8 Å². The summed E-state index contributed by atoms with van der Waals surface area (Å²) in [6.45, 7) is 7.88. The van der Waals surface area contributed by atoms with Crippen LogP contribution in [-0.4, -0.2) is 213 Å². The average molecular weight is 1820 g/mol. The lowest BCUT2D eigenvalue weighted by Crippen LogP contribution is -2.64. The minimum absolute atomic E-state index is 0.00343. The summed E-state index contributed by atoms with van der Waals surface area (Å²) in [4.78, 5) is 133. The van der Waals surface area contributed by atoms with Crippen molar-refractivity contribution in [2.75, 3.05) is 26.7 Å². The van der Waals surface area contributed by atoms with Gasteiger partial charge in [-0.25, -0.2) is 22.7 Å². The van der Waals surface area contributed by atoms with Crippen molar-refractivity contribution in [2.24, 2.45) is 17.4 Å². The lowest BCUT2D eigenvalue weighted by Gasteiger charge is -2.47. The molecule has 6 aromatic rings. The van der Waals surface area contributed by atoms with Gasteiger partial charge in [0.05, 0.1) is 46.2 Å². The molecule has 38 nitrogen and oxygen atoms in total. The molecule has 18 atom stereocenters. The summed E-state index contributed by atoms with van der Waals surface area (Å²) in [5.41, 5.74) is 8.81. The quantitative estimate of drug-likeness (QED) is 0.0307. The van der Waals surface area contributed by atoms with Gasteiger partial charge in [-0.05, 0) is 153 Å². The fourth-order valence-corrected chi connectivity index (χ4v) is 16.9. The summed E-state index contributed by atoms with van der Waals surface area (Å²) in [7, 11) is -2.33. The summed E-state index contributed by atoms with van der Waals surface area (Å²) in [5, 5.41) is 125. The SMILES string of the molecule is CCCCCCc1ccc(S(=O)(=O)NCCCCCCNC(=O)Oc2cc(O)c3c(c2)[C@@H](C(=O)O)NC(=O)[C@H]2NC(=O)[C@H](NC(=O)[C@@H]4NC(=O)[C@H](CC(N)=O)NC(=O)[C@H](NC(=O)[C@@H](CC(C)C)NC)[C@H](O)c5ccc(c(Cl)c5)Oc5cc4cc(c5O[C@@H]4O[C@H](CO)[C@@H](O)[C@H](O)[C@H]4O[C@H]4C[C@](C)(N)[C@H](O)[C@H](C)O4)Oc4ccc(cc4Cl)[C@H]2O)c2ccc(O)c-3c2)cc1. The maximum Gasteiger partial charge on any atom is 0.412 e. The van der Waals surface area contributed by atoms with Gasteiger partial charge in [0.2, 0.25) is 63.4 Å². The fraction of sp³-hybridized carbons (Fsp3) is 0.471. The number of hydrogen-bond acceptors (Lipinski definition) is 28. The fourth-order valence-electron chi connectivity index (χ4n) is 15.4. The van der Waals surface area contributed by atoms with E-state index in [2.05, 4.69) is 54.2 Å². The standard InChI is InChI=1S/C85H105Cl2N11O27S/c1-7-8-9-12-15-41-16-21-47(22-17-41)126(117,118)92-27-14-11-10-13-26-91-84(116)120-46-34-49-63(55(101)35-46)48-29-42(18-23-54(48)100)64-78(110)98-68(81(113)96-66(49)82(114)115)70(104)44-20-25-57(51(87)31-44)122-59-33-45-32-58(73(59)125-83-74(72(106)71(105)60(38-99)123-83)124-62-37-85(5,89)75(107)40(4)119-62)121-56-24-19-43(30-50(56)86)69(103)67(97-76(108)52(90-6)28-39(2)3)80(112)93-53(36-61(88)102)77(109)94-65(45)79(111)95-64/h16-25,29-35,39-40,52-53,60,62,64-72,74-75,83,90,92,99-101,103-107H,7-15,26-28,36-38,89H2,1-6H3,(H2,88,102)(H,91,116)(H,93,112)(H,94,109)(H,95,111)(H,96,113)(H,97,108)(H,98,110)(H,114,115)/t40-,52+,53-,60+,62-,64+,65+,66-,67+,68-,69+,70+,71+,72-,74+,75+,83-,85-/m0/s1. The number of halogens is 2. The Morgan fingerprint density at radius 3 is 1.91 bits per heavy atom. The van der Waals surface area contributed by atoms with Crippen LogP contribution in [0.3, 0.4) is 0 Å². The summed E-state index contributed by atoms with van der Waals surface area (Å²) in [5.74, 6) is -16.3. The molecular formula is C85H105Cl2N11O27S. The molecular weight excluding hydrogens is 1710 g/mol. The molecule has 0 saturated carbocycles. The first-order valence-electron chi connectivity index (χ1n) is 41.1. The number of fused-ring (bicyclic) bond motifs is 15. The van der Waals surface area contributed by atoms with Crippen LogP contribution in [0.25, 0.3) is 11.1 Å². The van der Waals surface area contributed by atoms with Crippen LogP contribution in [0.5, 0.6) is 46.0 Å². The largest absolute Gasteiger partial charge is 0.507 e. The molecule has 0 unspecified atom stereocenters. The zero-order chi connectivity index (χ0) is 91.5. The summed E-state index contributed by atoms with van der Waals surface area (Å²) < 4.78 is 72.9. The summed E-state index contributed by atoms with van der Waals surface area (Å²) in [6.07, 6.45) is -13.0. The maximum atomic E-state index is 16.3. The van der Waals surface area contributed by atoms with E-state index in [0.29, 0.717) is 25.7 Å². The second kappa shape index (κ2) is 41.9. The van der Waals surface area contributed by atoms with Crippen LogP contribution in [0, 0.1) is 5.92 Å². The van der Waals surface area contributed by atoms with Gasteiger partial charge in [-0.3, -0.25) is 33.6 Å². The number of carbonyl (C=O) groups excluding carboxylic acids is 8. The second-order valence-electron chi connectivity index (χ2n) is 32.3. The van der Waals surface area contributed by atoms with Crippen molar-refractivity contribution < 1.29 is 131 Å². The Kier molecular flexibility index (Phi) is 31.9. The third-order valence-corrected chi connectivity index (χ3v) is 24.3. The van der Waals surface area contributed by atoms with Crippen molar-refractivity contribution in [2.45, 2.75) is 226 Å². The number of nitrogens with two attached hydrogens (primary N) is 2. The van der Waals surface area contributed by atoms with E-state index in [-0.39, 0.29) is 58.6 Å². The minimum atomic E-state index is -3.79. The van der Waals surface area contributed by atoms with Crippen LogP contribution >= 0.6 is 23.2 Å². The van der Waals surface area contributed by atoms with Crippen LogP contribution in [-0.2, 0) is 69.0 Å². The summed E-state index contributed by atoms with van der Waals surface area (Å²) in [6, 6.07) is 5.70. The number of aromatic hydroxyl groups is 2. The monoisotopic (exact) mass is 1810 g/mol. The number of carboxylic acids is 1. The molecule has 7 aliphatic rings. The minimum Gasteiger partial charge on any atom is -0.507 e. The highest BCUT2D eigenvalue weighted by Gasteiger charge is 2.52. The number of primary amides is 1. The molecule has 11 bridgehead atoms. The zero-order valence-electron chi connectivity index (χ0n) is 69.5. The Hall–Kier alpha value is -10.6. The zero-order valence-corrected chi connectivity index (χ0v) is 71.8. The molecule has 8 amide bonds. The molecule has 682 valence electrons. The number of phenols is 2. The van der Waals surface area contributed by atoms with Gasteiger partial charge in [0.1, 0.15) is 89.5 Å². The van der Waals surface area contributed by atoms with Crippen molar-refractivity contribution in [3.8, 4) is 57.1 Å². The molecule has 2 fully saturated rings. The number of amides is 8. The average Bonchev–Trinajstić information content (AvgIpc) is 0.762. The third-order valence-electron chi connectivity index (χ3n) is 22.2. The van der Waals surface area contributed by atoms with Crippen LogP contribution in [0.4, 0.5) is 4.79 Å². The highest BCUT2D eigenvalue weighted by molar-refractivity contribution is 7.89. The first kappa shape index (κ1) is 96.0. The van der Waals surface area contributed by atoms with Crippen molar-refractivity contribution in [1.82, 2.24) is 47.3 Å². The molecule has 13 rings (SSSR count). The molecule has 0 aliphatic carbocycles. The van der Waals surface area contributed by atoms with E-state index in [9.17, 15) is 78.3 Å². The number of phenolic OH excluding ortho intramolecular Hbond substituents is 2. The van der Waals surface area contributed by atoms with Crippen LogP contribution in [0.2, 0.25) is 10.0 Å². The molecule has 2 saturated heterocycles. The topological polar surface area (TPSA) is 595 Å². The van der Waals surface area contributed by atoms with Crippen molar-refractivity contribution in [3.63, 3.8) is 0 Å². The number of ether oxygens (including phenoxy) is 7.